The number of aryl methyl sites for hydroxylation is 1. The average Bonchev–Trinajstić information content (AvgIpc) is 3.70. The molecule has 1 aromatic rings. The van der Waals surface area contributed by atoms with Crippen molar-refractivity contribution in [2.75, 3.05) is 52.5 Å². The summed E-state index contributed by atoms with van der Waals surface area (Å²) in [4.78, 5) is 86.6. The molecule has 2 aliphatic carbocycles. The number of amides is 6. The maximum atomic E-state index is 13.2. The lowest BCUT2D eigenvalue weighted by molar-refractivity contribution is -0.301. The lowest BCUT2D eigenvalue weighted by Gasteiger charge is -2.39. The zero-order chi connectivity index (χ0) is 44.1. The van der Waals surface area contributed by atoms with E-state index < -0.39 is 105 Å². The van der Waals surface area contributed by atoms with Crippen molar-refractivity contribution >= 4 is 41.4 Å². The third kappa shape index (κ3) is 13.9. The Morgan fingerprint density at radius 1 is 0.800 bits per heavy atom. The molecule has 9 atom stereocenters. The summed E-state index contributed by atoms with van der Waals surface area (Å²) in [5, 5.41) is 62.8. The van der Waals surface area contributed by atoms with Crippen LogP contribution in [0.3, 0.4) is 0 Å². The maximum absolute atomic E-state index is 13.2. The zero-order valence-electron chi connectivity index (χ0n) is 34.3. The topological polar surface area (TPSA) is 331 Å². The summed E-state index contributed by atoms with van der Waals surface area (Å²) in [6.45, 7) is 4.23. The van der Waals surface area contributed by atoms with Crippen LogP contribution >= 0.6 is 0 Å². The SMILES string of the molecule is CC(C)C(=O)CNC(=O)CNC(=O)CNC(=O)CNC(=O)[C@H](CO[C@@H]1OC(CO)[C@@H](O)[C@H](O)C1O)NC(=O)CCNC(=O)OC[C@@H]1[C@@H]2CCc3nnn(C(C)C)c3CC[C@@H]21. The number of nitrogens with one attached hydrogen (secondary N) is 6. The number of ether oxygens (including phenoxy) is 3. The number of hydrogen-bond acceptors (Lipinski definition) is 16. The van der Waals surface area contributed by atoms with Crippen molar-refractivity contribution < 1.29 is 68.2 Å². The highest BCUT2D eigenvalue weighted by molar-refractivity contribution is 5.93. The van der Waals surface area contributed by atoms with Crippen LogP contribution in [0.5, 0.6) is 0 Å². The predicted molar refractivity (Wildman–Crippen MR) is 205 cm³/mol. The Balaban J connectivity index is 1.21. The highest BCUT2D eigenvalue weighted by atomic mass is 16.7. The number of fused-ring (bicyclic) bond motifs is 2. The van der Waals surface area contributed by atoms with E-state index in [1.54, 1.807) is 13.8 Å². The number of ketones is 1. The quantitative estimate of drug-likeness (QED) is 0.0559. The molecular formula is C37H59N9O14. The summed E-state index contributed by atoms with van der Waals surface area (Å²) in [7, 11) is 0. The number of rotatable bonds is 21. The van der Waals surface area contributed by atoms with E-state index in [9.17, 15) is 54.0 Å². The molecular weight excluding hydrogens is 794 g/mol. The van der Waals surface area contributed by atoms with Crippen LogP contribution in [0.2, 0.25) is 0 Å². The maximum Gasteiger partial charge on any atom is 0.407 e. The van der Waals surface area contributed by atoms with Gasteiger partial charge in [-0.2, -0.15) is 0 Å². The molecule has 1 aromatic heterocycles. The van der Waals surface area contributed by atoms with Gasteiger partial charge in [-0.25, -0.2) is 9.48 Å². The van der Waals surface area contributed by atoms with Crippen LogP contribution in [0.1, 0.15) is 64.4 Å². The third-order valence-electron chi connectivity index (χ3n) is 10.7. The minimum atomic E-state index is -1.81. The predicted octanol–water partition coefficient (Wildman–Crippen LogP) is -4.29. The van der Waals surface area contributed by atoms with Crippen molar-refractivity contribution in [2.24, 2.45) is 23.7 Å². The number of hydrogen-bond donors (Lipinski definition) is 10. The number of carbonyl (C=O) groups excluding carboxylic acids is 7. The molecule has 23 nitrogen and oxygen atoms in total. The van der Waals surface area contributed by atoms with Crippen LogP contribution in [0.25, 0.3) is 0 Å². The summed E-state index contributed by atoms with van der Waals surface area (Å²) < 4.78 is 18.2. The molecule has 0 spiro atoms. The van der Waals surface area contributed by atoms with Crippen LogP contribution in [0, 0.1) is 23.7 Å². The van der Waals surface area contributed by atoms with E-state index in [-0.39, 0.29) is 49.8 Å². The van der Waals surface area contributed by atoms with Crippen LogP contribution in [-0.2, 0) is 55.8 Å². The Morgan fingerprint density at radius 2 is 1.42 bits per heavy atom. The summed E-state index contributed by atoms with van der Waals surface area (Å²) in [5.74, 6) is -3.28. The normalized spacial score (nSPS) is 25.0. The van der Waals surface area contributed by atoms with E-state index >= 15 is 0 Å². The van der Waals surface area contributed by atoms with Crippen molar-refractivity contribution in [1.82, 2.24) is 46.9 Å². The molecule has 0 bridgehead atoms. The van der Waals surface area contributed by atoms with Crippen LogP contribution in [0.15, 0.2) is 0 Å². The van der Waals surface area contributed by atoms with E-state index in [1.165, 1.54) is 0 Å². The Kier molecular flexibility index (Phi) is 18.1. The molecule has 3 aliphatic rings. The fourth-order valence-corrected chi connectivity index (χ4v) is 7.02. The molecule has 0 aromatic carbocycles. The Labute approximate surface area is 346 Å². The molecule has 6 amide bonds. The molecule has 2 unspecified atom stereocenters. The van der Waals surface area contributed by atoms with E-state index in [0.717, 1.165) is 37.1 Å². The van der Waals surface area contributed by atoms with Crippen LogP contribution < -0.4 is 31.9 Å². The van der Waals surface area contributed by atoms with Crippen LogP contribution in [-0.4, -0.2) is 166 Å². The van der Waals surface area contributed by atoms with E-state index in [2.05, 4.69) is 56.1 Å². The van der Waals surface area contributed by atoms with Gasteiger partial charge in [-0.1, -0.05) is 19.1 Å². The van der Waals surface area contributed by atoms with Gasteiger partial charge in [-0.05, 0) is 57.3 Å². The molecule has 2 heterocycles. The highest BCUT2D eigenvalue weighted by Gasteiger charge is 2.50. The second-order valence-electron chi connectivity index (χ2n) is 15.7. The molecule has 0 radical (unpaired) electrons. The molecule has 336 valence electrons. The van der Waals surface area contributed by atoms with Gasteiger partial charge in [0.15, 0.2) is 12.1 Å². The lowest BCUT2D eigenvalue weighted by Crippen LogP contribution is -2.60. The molecule has 1 aliphatic heterocycles. The van der Waals surface area contributed by atoms with Crippen molar-refractivity contribution in [3.63, 3.8) is 0 Å². The summed E-state index contributed by atoms with van der Waals surface area (Å²) in [5.41, 5.74) is 2.18. The first kappa shape index (κ1) is 47.9. The van der Waals surface area contributed by atoms with Crippen molar-refractivity contribution in [3.05, 3.63) is 11.4 Å². The fourth-order valence-electron chi connectivity index (χ4n) is 7.02. The summed E-state index contributed by atoms with van der Waals surface area (Å²) in [6.07, 6.45) is -5.73. The molecule has 10 N–H and O–H groups in total. The van der Waals surface area contributed by atoms with Gasteiger partial charge < -0.3 is 66.5 Å². The minimum Gasteiger partial charge on any atom is -0.449 e. The standard InChI is InChI=1S/C37H59N9O14/c1-18(2)26(48)11-39-29(50)12-40-30(51)13-41-31(52)14-42-35(56)24(17-58-36-34(55)33(54)32(53)27(15-47)60-36)43-28(49)9-10-38-37(57)59-16-22-20-5-7-23-25(8-6-21(20)22)46(19(3)4)45-44-23/h18-22,24,27,32-34,36,47,53-55H,5-17H2,1-4H3,(H,38,57)(H,39,50)(H,40,51)(H,41,52)(H,42,56)(H,43,49)/t20-,21+,22-,24+,27?,32-,33+,34?,36-/m1/s1. The van der Waals surface area contributed by atoms with E-state index in [1.807, 2.05) is 4.68 Å². The Morgan fingerprint density at radius 3 is 2.03 bits per heavy atom. The molecule has 2 fully saturated rings. The minimum absolute atomic E-state index is 0.168. The number of aliphatic hydroxyl groups is 4. The van der Waals surface area contributed by atoms with Gasteiger partial charge in [0.05, 0.1) is 57.4 Å². The first-order valence-corrected chi connectivity index (χ1v) is 20.2. The number of nitrogens with zero attached hydrogens (tertiary/aromatic N) is 3. The van der Waals surface area contributed by atoms with E-state index in [4.69, 9.17) is 14.2 Å². The van der Waals surface area contributed by atoms with Gasteiger partial charge in [-0.3, -0.25) is 28.8 Å². The Bertz CT molecular complexity index is 1670. The van der Waals surface area contributed by atoms with Gasteiger partial charge in [0.25, 0.3) is 0 Å². The summed E-state index contributed by atoms with van der Waals surface area (Å²) >= 11 is 0. The smallest absolute Gasteiger partial charge is 0.407 e. The van der Waals surface area contributed by atoms with Gasteiger partial charge >= 0.3 is 6.09 Å². The molecule has 1 saturated heterocycles. The number of carbonyl (C=O) groups is 7. The Hall–Kier alpha value is -4.81. The highest BCUT2D eigenvalue weighted by Crippen LogP contribution is 2.53. The molecule has 4 rings (SSSR count). The van der Waals surface area contributed by atoms with Gasteiger partial charge in [0.2, 0.25) is 29.5 Å². The summed E-state index contributed by atoms with van der Waals surface area (Å²) in [6, 6.07) is -1.32. The van der Waals surface area contributed by atoms with Gasteiger partial charge in [0.1, 0.15) is 30.5 Å². The average molecular weight is 854 g/mol. The third-order valence-corrected chi connectivity index (χ3v) is 10.7. The van der Waals surface area contributed by atoms with Gasteiger partial charge in [0, 0.05) is 24.9 Å². The van der Waals surface area contributed by atoms with Gasteiger partial charge in [-0.15, -0.1) is 5.10 Å². The number of Topliss-reactive ketones (excluding diaryl/α,β-unsaturated/α-hetero) is 1. The number of aromatic nitrogens is 3. The second-order valence-corrected chi connectivity index (χ2v) is 15.7. The number of aliphatic hydroxyl groups excluding tert-OH is 4. The molecule has 1 saturated carbocycles. The largest absolute Gasteiger partial charge is 0.449 e. The molecule has 60 heavy (non-hydrogen) atoms. The van der Waals surface area contributed by atoms with E-state index in [0.29, 0.717) is 11.8 Å². The van der Waals surface area contributed by atoms with Crippen molar-refractivity contribution in [3.8, 4) is 0 Å². The number of alkyl carbamates (subject to hydrolysis) is 1. The fraction of sp³-hybridized carbons (Fsp3) is 0.757. The zero-order valence-corrected chi connectivity index (χ0v) is 34.3. The lowest BCUT2D eigenvalue weighted by atomic mass is 9.99. The monoisotopic (exact) mass is 853 g/mol. The van der Waals surface area contributed by atoms with Crippen LogP contribution in [0.4, 0.5) is 4.79 Å². The molecule has 23 heteroatoms. The van der Waals surface area contributed by atoms with Crippen molar-refractivity contribution in [2.45, 2.75) is 103 Å². The first-order chi connectivity index (χ1) is 28.5. The first-order valence-electron chi connectivity index (χ1n) is 20.2. The second kappa shape index (κ2) is 22.7. The van der Waals surface area contributed by atoms with Crippen molar-refractivity contribution in [1.29, 1.82) is 0 Å².